The number of ether oxygens (including phenoxy) is 2. The molecule has 0 aromatic heterocycles. The Balaban J connectivity index is 1.51. The van der Waals surface area contributed by atoms with E-state index in [1.807, 2.05) is 0 Å². The summed E-state index contributed by atoms with van der Waals surface area (Å²) in [7, 11) is 1.56. The molecule has 8 nitrogen and oxygen atoms in total. The number of carbonyl (C=O) groups is 3. The van der Waals surface area contributed by atoms with Gasteiger partial charge >= 0.3 is 0 Å². The molecule has 2 aromatic rings. The van der Waals surface area contributed by atoms with E-state index in [4.69, 9.17) is 9.47 Å². The summed E-state index contributed by atoms with van der Waals surface area (Å²) in [5.41, 5.74) is 6.09. The molecule has 0 unspecified atom stereocenters. The van der Waals surface area contributed by atoms with Crippen molar-refractivity contribution in [2.75, 3.05) is 25.6 Å². The molecule has 0 spiro atoms. The van der Waals surface area contributed by atoms with Gasteiger partial charge in [0.15, 0.2) is 0 Å². The van der Waals surface area contributed by atoms with Crippen molar-refractivity contribution in [1.29, 1.82) is 0 Å². The molecule has 3 amide bonds. The van der Waals surface area contributed by atoms with Crippen molar-refractivity contribution >= 4 is 23.4 Å². The van der Waals surface area contributed by atoms with E-state index >= 15 is 0 Å². The molecular formula is C24H29N3O5. The number of benzene rings is 2. The van der Waals surface area contributed by atoms with E-state index < -0.39 is 11.8 Å². The van der Waals surface area contributed by atoms with E-state index in [-0.39, 0.29) is 11.8 Å². The van der Waals surface area contributed by atoms with E-state index in [9.17, 15) is 14.4 Å². The van der Waals surface area contributed by atoms with Crippen molar-refractivity contribution in [3.05, 3.63) is 59.7 Å². The molecule has 0 heterocycles. The summed E-state index contributed by atoms with van der Waals surface area (Å²) in [4.78, 5) is 37.2. The Labute approximate surface area is 187 Å². The molecule has 2 aromatic carbocycles. The fourth-order valence-corrected chi connectivity index (χ4v) is 3.58. The number of hydrazine groups is 1. The Morgan fingerprint density at radius 2 is 1.56 bits per heavy atom. The minimum atomic E-state index is -0.497. The molecule has 0 atom stereocenters. The maximum atomic E-state index is 12.5. The predicted octanol–water partition coefficient (Wildman–Crippen LogP) is 3.31. The smallest absolute Gasteiger partial charge is 0.273 e. The normalized spacial score (nSPS) is 13.8. The van der Waals surface area contributed by atoms with E-state index in [0.29, 0.717) is 35.8 Å². The van der Waals surface area contributed by atoms with Gasteiger partial charge in [-0.3, -0.25) is 25.2 Å². The highest BCUT2D eigenvalue weighted by Crippen LogP contribution is 2.25. The SMILES string of the molecule is COCCOc1ccccc1C(=O)NNC(=O)c1ccc(NC(=O)C2CCCCC2)cc1. The summed E-state index contributed by atoms with van der Waals surface area (Å²) in [6, 6.07) is 13.3. The van der Waals surface area contributed by atoms with Crippen LogP contribution in [0, 0.1) is 5.92 Å². The van der Waals surface area contributed by atoms with Crippen LogP contribution in [-0.2, 0) is 9.53 Å². The largest absolute Gasteiger partial charge is 0.490 e. The molecule has 8 heteroatoms. The predicted molar refractivity (Wildman–Crippen MR) is 120 cm³/mol. The van der Waals surface area contributed by atoms with E-state index in [1.165, 1.54) is 6.42 Å². The first-order valence-electron chi connectivity index (χ1n) is 10.8. The van der Waals surface area contributed by atoms with Crippen molar-refractivity contribution in [1.82, 2.24) is 10.9 Å². The van der Waals surface area contributed by atoms with Gasteiger partial charge in [0.05, 0.1) is 12.2 Å². The highest BCUT2D eigenvalue weighted by Gasteiger charge is 2.21. The average Bonchev–Trinajstić information content (AvgIpc) is 2.84. The van der Waals surface area contributed by atoms with E-state index in [2.05, 4.69) is 16.2 Å². The Hall–Kier alpha value is -3.39. The maximum Gasteiger partial charge on any atom is 0.273 e. The van der Waals surface area contributed by atoms with Gasteiger partial charge in [-0.15, -0.1) is 0 Å². The van der Waals surface area contributed by atoms with Crippen LogP contribution < -0.4 is 20.9 Å². The lowest BCUT2D eigenvalue weighted by molar-refractivity contribution is -0.120. The third kappa shape index (κ3) is 6.55. The third-order valence-corrected chi connectivity index (χ3v) is 5.36. The van der Waals surface area contributed by atoms with Gasteiger partial charge in [-0.2, -0.15) is 0 Å². The second kappa shape index (κ2) is 11.9. The second-order valence-corrected chi connectivity index (χ2v) is 7.65. The van der Waals surface area contributed by atoms with Gasteiger partial charge in [0.1, 0.15) is 12.4 Å². The molecule has 1 aliphatic carbocycles. The van der Waals surface area contributed by atoms with Crippen LogP contribution in [0.1, 0.15) is 52.8 Å². The molecule has 3 N–H and O–H groups in total. The Kier molecular flexibility index (Phi) is 8.62. The Morgan fingerprint density at radius 3 is 2.28 bits per heavy atom. The quantitative estimate of drug-likeness (QED) is 0.432. The van der Waals surface area contributed by atoms with Crippen LogP contribution in [0.3, 0.4) is 0 Å². The van der Waals surface area contributed by atoms with Gasteiger partial charge in [0.25, 0.3) is 11.8 Å². The molecule has 3 rings (SSSR count). The zero-order valence-corrected chi connectivity index (χ0v) is 18.2. The van der Waals surface area contributed by atoms with Crippen LogP contribution in [0.5, 0.6) is 5.75 Å². The number of carbonyl (C=O) groups excluding carboxylic acids is 3. The minimum Gasteiger partial charge on any atom is -0.490 e. The van der Waals surface area contributed by atoms with Crippen LogP contribution in [-0.4, -0.2) is 38.0 Å². The highest BCUT2D eigenvalue weighted by molar-refractivity contribution is 6.00. The first kappa shape index (κ1) is 23.3. The molecule has 0 bridgehead atoms. The molecule has 170 valence electrons. The maximum absolute atomic E-state index is 12.5. The second-order valence-electron chi connectivity index (χ2n) is 7.65. The number of hydrogen-bond donors (Lipinski definition) is 3. The first-order chi connectivity index (χ1) is 15.6. The number of para-hydroxylation sites is 1. The average molecular weight is 440 g/mol. The first-order valence-corrected chi connectivity index (χ1v) is 10.8. The third-order valence-electron chi connectivity index (χ3n) is 5.36. The van der Waals surface area contributed by atoms with Crippen molar-refractivity contribution in [2.24, 2.45) is 5.92 Å². The van der Waals surface area contributed by atoms with Gasteiger partial charge < -0.3 is 14.8 Å². The van der Waals surface area contributed by atoms with Crippen LogP contribution in [0.2, 0.25) is 0 Å². The lowest BCUT2D eigenvalue weighted by Crippen LogP contribution is -2.41. The van der Waals surface area contributed by atoms with Gasteiger partial charge in [-0.1, -0.05) is 31.4 Å². The lowest BCUT2D eigenvalue weighted by Gasteiger charge is -2.20. The fourth-order valence-electron chi connectivity index (χ4n) is 3.58. The number of amides is 3. The van der Waals surface area contributed by atoms with Crippen molar-refractivity contribution in [3.8, 4) is 5.75 Å². The van der Waals surface area contributed by atoms with Crippen LogP contribution in [0.25, 0.3) is 0 Å². The number of rotatable bonds is 8. The van der Waals surface area contributed by atoms with Crippen molar-refractivity contribution < 1.29 is 23.9 Å². The number of anilines is 1. The highest BCUT2D eigenvalue weighted by atomic mass is 16.5. The van der Waals surface area contributed by atoms with Gasteiger partial charge in [-0.25, -0.2) is 0 Å². The zero-order chi connectivity index (χ0) is 22.8. The molecule has 1 fully saturated rings. The summed E-state index contributed by atoms with van der Waals surface area (Å²) in [6.45, 7) is 0.695. The van der Waals surface area contributed by atoms with Crippen LogP contribution in [0.4, 0.5) is 5.69 Å². The Bertz CT molecular complexity index is 923. The van der Waals surface area contributed by atoms with Gasteiger partial charge in [0, 0.05) is 24.3 Å². The lowest BCUT2D eigenvalue weighted by atomic mass is 9.88. The summed E-state index contributed by atoms with van der Waals surface area (Å²) in [6.07, 6.45) is 5.22. The van der Waals surface area contributed by atoms with Crippen molar-refractivity contribution in [3.63, 3.8) is 0 Å². The van der Waals surface area contributed by atoms with Gasteiger partial charge in [-0.05, 0) is 49.2 Å². The zero-order valence-electron chi connectivity index (χ0n) is 18.2. The standard InChI is InChI=1S/C24H29N3O5/c1-31-15-16-32-21-10-6-5-9-20(21)24(30)27-26-23(29)18-11-13-19(14-12-18)25-22(28)17-7-3-2-4-8-17/h5-6,9-14,17H,2-4,7-8,15-16H2,1H3,(H,25,28)(H,26,29)(H,27,30). The molecule has 0 saturated heterocycles. The van der Waals surface area contributed by atoms with Crippen molar-refractivity contribution in [2.45, 2.75) is 32.1 Å². The van der Waals surface area contributed by atoms with E-state index in [0.717, 1.165) is 25.7 Å². The molecular weight excluding hydrogens is 410 g/mol. The molecule has 0 aliphatic heterocycles. The summed E-state index contributed by atoms with van der Waals surface area (Å²) >= 11 is 0. The molecule has 32 heavy (non-hydrogen) atoms. The number of nitrogens with one attached hydrogen (secondary N) is 3. The Morgan fingerprint density at radius 1 is 0.875 bits per heavy atom. The minimum absolute atomic E-state index is 0.0283. The summed E-state index contributed by atoms with van der Waals surface area (Å²) < 4.78 is 10.5. The van der Waals surface area contributed by atoms with Crippen LogP contribution in [0.15, 0.2) is 48.5 Å². The van der Waals surface area contributed by atoms with E-state index in [1.54, 1.807) is 55.6 Å². The van der Waals surface area contributed by atoms with Gasteiger partial charge in [0.2, 0.25) is 5.91 Å². The summed E-state index contributed by atoms with van der Waals surface area (Å²) in [5, 5.41) is 2.91. The topological polar surface area (TPSA) is 106 Å². The molecule has 0 radical (unpaired) electrons. The number of methoxy groups -OCH3 is 1. The number of hydrogen-bond acceptors (Lipinski definition) is 5. The molecule has 1 aliphatic rings. The molecule has 1 saturated carbocycles. The monoisotopic (exact) mass is 439 g/mol. The summed E-state index contributed by atoms with van der Waals surface area (Å²) in [5.74, 6) is -0.484. The van der Waals surface area contributed by atoms with Crippen LogP contribution >= 0.6 is 0 Å². The fraction of sp³-hybridized carbons (Fsp3) is 0.375.